The van der Waals surface area contributed by atoms with Crippen molar-refractivity contribution in [3.63, 3.8) is 0 Å². The predicted octanol–water partition coefficient (Wildman–Crippen LogP) is 1.88. The van der Waals surface area contributed by atoms with Crippen molar-refractivity contribution in [3.8, 4) is 5.88 Å². The van der Waals surface area contributed by atoms with Gasteiger partial charge in [0.15, 0.2) is 0 Å². The highest BCUT2D eigenvalue weighted by molar-refractivity contribution is 5.93. The smallest absolute Gasteiger partial charge is 0.252 e. The van der Waals surface area contributed by atoms with E-state index in [0.29, 0.717) is 30.5 Å². The van der Waals surface area contributed by atoms with Crippen molar-refractivity contribution in [3.05, 3.63) is 23.9 Å². The molecule has 0 spiro atoms. The predicted molar refractivity (Wildman–Crippen MR) is 73.4 cm³/mol. The zero-order valence-corrected chi connectivity index (χ0v) is 11.8. The number of hydrogen-bond acceptors (Lipinski definition) is 4. The average Bonchev–Trinajstić information content (AvgIpc) is 2.42. The first-order chi connectivity index (χ1) is 9.13. The molecule has 1 N–H and O–H groups in total. The average molecular weight is 266 g/mol. The Hall–Kier alpha value is -1.62. The molecule has 0 aliphatic heterocycles. The molecule has 0 radical (unpaired) electrons. The van der Waals surface area contributed by atoms with Crippen LogP contribution in [0.2, 0.25) is 0 Å². The van der Waals surface area contributed by atoms with E-state index in [9.17, 15) is 4.79 Å². The standard InChI is InChI=1S/C14H22N2O3/c1-11(2)10-19-8-4-7-15-14(17)12-5-6-13(18-3)16-9-12/h5-6,9,11H,4,7-8,10H2,1-3H3,(H,15,17). The van der Waals surface area contributed by atoms with Crippen LogP contribution in [-0.2, 0) is 4.74 Å². The Kier molecular flexibility index (Phi) is 6.89. The fraction of sp³-hybridized carbons (Fsp3) is 0.571. The number of nitrogens with zero attached hydrogens (tertiary/aromatic N) is 1. The first-order valence-corrected chi connectivity index (χ1v) is 6.49. The summed E-state index contributed by atoms with van der Waals surface area (Å²) >= 11 is 0. The molecule has 0 aromatic carbocycles. The van der Waals surface area contributed by atoms with Crippen LogP contribution in [0.1, 0.15) is 30.6 Å². The lowest BCUT2D eigenvalue weighted by molar-refractivity contribution is 0.0924. The van der Waals surface area contributed by atoms with Crippen LogP contribution in [-0.4, -0.2) is 37.8 Å². The number of pyridine rings is 1. The lowest BCUT2D eigenvalue weighted by Gasteiger charge is -2.08. The number of aromatic nitrogens is 1. The lowest BCUT2D eigenvalue weighted by atomic mass is 10.2. The molecule has 0 saturated carbocycles. The first kappa shape index (κ1) is 15.4. The second-order valence-corrected chi connectivity index (χ2v) is 4.67. The molecule has 1 rings (SSSR count). The van der Waals surface area contributed by atoms with Crippen LogP contribution in [0, 0.1) is 5.92 Å². The van der Waals surface area contributed by atoms with Crippen molar-refractivity contribution in [1.29, 1.82) is 0 Å². The molecule has 0 bridgehead atoms. The van der Waals surface area contributed by atoms with Crippen LogP contribution in [0.5, 0.6) is 5.88 Å². The van der Waals surface area contributed by atoms with Crippen LogP contribution in [0.4, 0.5) is 0 Å². The van der Waals surface area contributed by atoms with Gasteiger partial charge in [-0.2, -0.15) is 0 Å². The molecular formula is C14H22N2O3. The van der Waals surface area contributed by atoms with Crippen LogP contribution < -0.4 is 10.1 Å². The van der Waals surface area contributed by atoms with Gasteiger partial charge in [0.1, 0.15) is 0 Å². The number of carbonyl (C=O) groups excluding carboxylic acids is 1. The third kappa shape index (κ3) is 6.20. The molecule has 0 atom stereocenters. The van der Waals surface area contributed by atoms with Crippen LogP contribution in [0.15, 0.2) is 18.3 Å². The van der Waals surface area contributed by atoms with Crippen molar-refractivity contribution in [1.82, 2.24) is 10.3 Å². The maximum absolute atomic E-state index is 11.8. The minimum Gasteiger partial charge on any atom is -0.481 e. The highest BCUT2D eigenvalue weighted by Gasteiger charge is 2.05. The molecular weight excluding hydrogens is 244 g/mol. The van der Waals surface area contributed by atoms with Gasteiger partial charge < -0.3 is 14.8 Å². The van der Waals surface area contributed by atoms with E-state index in [1.54, 1.807) is 19.2 Å². The number of nitrogens with one attached hydrogen (secondary N) is 1. The Labute approximate surface area is 114 Å². The van der Waals surface area contributed by atoms with Crippen LogP contribution in [0.25, 0.3) is 0 Å². The third-order valence-corrected chi connectivity index (χ3v) is 2.41. The monoisotopic (exact) mass is 266 g/mol. The summed E-state index contributed by atoms with van der Waals surface area (Å²) < 4.78 is 10.4. The molecule has 0 unspecified atom stereocenters. The maximum atomic E-state index is 11.8. The number of rotatable bonds is 8. The third-order valence-electron chi connectivity index (χ3n) is 2.41. The van der Waals surface area contributed by atoms with E-state index in [4.69, 9.17) is 9.47 Å². The topological polar surface area (TPSA) is 60.5 Å². The second-order valence-electron chi connectivity index (χ2n) is 4.67. The first-order valence-electron chi connectivity index (χ1n) is 6.49. The van der Waals surface area contributed by atoms with Crippen molar-refractivity contribution in [2.45, 2.75) is 20.3 Å². The van der Waals surface area contributed by atoms with Gasteiger partial charge in [0, 0.05) is 32.0 Å². The zero-order valence-electron chi connectivity index (χ0n) is 11.8. The van der Waals surface area contributed by atoms with E-state index in [1.165, 1.54) is 6.20 Å². The van der Waals surface area contributed by atoms with E-state index in [1.807, 2.05) is 0 Å². The van der Waals surface area contributed by atoms with Crippen molar-refractivity contribution in [2.75, 3.05) is 26.9 Å². The number of hydrogen-bond donors (Lipinski definition) is 1. The van der Waals surface area contributed by atoms with Gasteiger partial charge in [0.25, 0.3) is 5.91 Å². The Morgan fingerprint density at radius 1 is 1.42 bits per heavy atom. The molecule has 106 valence electrons. The lowest BCUT2D eigenvalue weighted by Crippen LogP contribution is -2.25. The summed E-state index contributed by atoms with van der Waals surface area (Å²) in [6.45, 7) is 6.25. The SMILES string of the molecule is COc1ccc(C(=O)NCCCOCC(C)C)cn1. The molecule has 1 aromatic heterocycles. The molecule has 0 aliphatic carbocycles. The maximum Gasteiger partial charge on any atom is 0.252 e. The summed E-state index contributed by atoms with van der Waals surface area (Å²) in [6.07, 6.45) is 2.31. The van der Waals surface area contributed by atoms with E-state index >= 15 is 0 Å². The molecule has 5 heteroatoms. The van der Waals surface area contributed by atoms with E-state index in [-0.39, 0.29) is 5.91 Å². The highest BCUT2D eigenvalue weighted by Crippen LogP contribution is 2.06. The Bertz CT molecular complexity index is 377. The van der Waals surface area contributed by atoms with Gasteiger partial charge in [0.05, 0.1) is 12.7 Å². The zero-order chi connectivity index (χ0) is 14.1. The van der Waals surface area contributed by atoms with Gasteiger partial charge >= 0.3 is 0 Å². The minimum absolute atomic E-state index is 0.126. The fourth-order valence-electron chi connectivity index (χ4n) is 1.43. The second kappa shape index (κ2) is 8.48. The molecule has 19 heavy (non-hydrogen) atoms. The van der Waals surface area contributed by atoms with E-state index in [2.05, 4.69) is 24.1 Å². The van der Waals surface area contributed by atoms with Crippen molar-refractivity contribution < 1.29 is 14.3 Å². The van der Waals surface area contributed by atoms with E-state index < -0.39 is 0 Å². The number of carbonyl (C=O) groups is 1. The fourth-order valence-corrected chi connectivity index (χ4v) is 1.43. The summed E-state index contributed by atoms with van der Waals surface area (Å²) in [5, 5.41) is 2.82. The van der Waals surface area contributed by atoms with Gasteiger partial charge in [-0.1, -0.05) is 13.8 Å². The number of amides is 1. The number of methoxy groups -OCH3 is 1. The minimum atomic E-state index is -0.126. The summed E-state index contributed by atoms with van der Waals surface area (Å²) in [6, 6.07) is 3.36. The summed E-state index contributed by atoms with van der Waals surface area (Å²) in [7, 11) is 1.54. The summed E-state index contributed by atoms with van der Waals surface area (Å²) in [4.78, 5) is 15.7. The number of ether oxygens (including phenoxy) is 2. The molecule has 1 aromatic rings. The quantitative estimate of drug-likeness (QED) is 0.730. The Morgan fingerprint density at radius 2 is 2.21 bits per heavy atom. The molecule has 1 heterocycles. The normalized spacial score (nSPS) is 10.5. The highest BCUT2D eigenvalue weighted by atomic mass is 16.5. The van der Waals surface area contributed by atoms with Gasteiger partial charge in [-0.3, -0.25) is 4.79 Å². The molecule has 0 aliphatic rings. The molecule has 1 amide bonds. The van der Waals surface area contributed by atoms with Crippen LogP contribution in [0.3, 0.4) is 0 Å². The Balaban J connectivity index is 2.20. The van der Waals surface area contributed by atoms with Gasteiger partial charge in [0.2, 0.25) is 5.88 Å². The van der Waals surface area contributed by atoms with Gasteiger partial charge in [-0.15, -0.1) is 0 Å². The van der Waals surface area contributed by atoms with Gasteiger partial charge in [-0.05, 0) is 18.4 Å². The Morgan fingerprint density at radius 3 is 2.79 bits per heavy atom. The van der Waals surface area contributed by atoms with E-state index in [0.717, 1.165) is 13.0 Å². The molecule has 5 nitrogen and oxygen atoms in total. The summed E-state index contributed by atoms with van der Waals surface area (Å²) in [5.41, 5.74) is 0.531. The van der Waals surface area contributed by atoms with Crippen molar-refractivity contribution >= 4 is 5.91 Å². The largest absolute Gasteiger partial charge is 0.481 e. The van der Waals surface area contributed by atoms with Crippen molar-refractivity contribution in [2.24, 2.45) is 5.92 Å². The van der Waals surface area contributed by atoms with Crippen LogP contribution >= 0.6 is 0 Å². The summed E-state index contributed by atoms with van der Waals surface area (Å²) in [5.74, 6) is 0.914. The van der Waals surface area contributed by atoms with Gasteiger partial charge in [-0.25, -0.2) is 4.98 Å². The molecule has 0 saturated heterocycles. The molecule has 0 fully saturated rings.